The quantitative estimate of drug-likeness (QED) is 0.702. The van der Waals surface area contributed by atoms with E-state index in [0.29, 0.717) is 12.8 Å². The number of carbonyl (C=O) groups excluding carboxylic acids is 1. The van der Waals surface area contributed by atoms with Gasteiger partial charge in [-0.3, -0.25) is 4.79 Å². The van der Waals surface area contributed by atoms with E-state index in [1.54, 1.807) is 0 Å². The first-order valence-electron chi connectivity index (χ1n) is 6.43. The molecule has 2 aromatic rings. The van der Waals surface area contributed by atoms with Gasteiger partial charge in [0.15, 0.2) is 0 Å². The van der Waals surface area contributed by atoms with Gasteiger partial charge < -0.3 is 4.74 Å². The van der Waals surface area contributed by atoms with Crippen LogP contribution in [0, 0.1) is 0 Å². The number of para-hydroxylation sites is 2. The normalized spacial score (nSPS) is 16.3. The fourth-order valence-corrected chi connectivity index (χ4v) is 2.91. The lowest BCUT2D eigenvalue weighted by molar-refractivity contribution is -0.116. The predicted octanol–water partition coefficient (Wildman–Crippen LogP) is 4.07. The summed E-state index contributed by atoms with van der Waals surface area (Å²) in [5.74, 6) is 1.97. The van der Waals surface area contributed by atoms with Crippen LogP contribution < -0.4 is 4.74 Å². The SMILES string of the molecule is O=C1CC2=C(C1)c1ccccc1Oc1ccccc12. The summed E-state index contributed by atoms with van der Waals surface area (Å²) in [4.78, 5) is 11.9. The third-order valence-electron chi connectivity index (χ3n) is 3.76. The number of hydrogen-bond acceptors (Lipinski definition) is 2. The number of carbonyl (C=O) groups is 1. The second kappa shape index (κ2) is 3.82. The van der Waals surface area contributed by atoms with Crippen molar-refractivity contribution in [1.82, 2.24) is 0 Å². The number of fused-ring (bicyclic) bond motifs is 4. The van der Waals surface area contributed by atoms with Crippen molar-refractivity contribution < 1.29 is 9.53 Å². The summed E-state index contributed by atoms with van der Waals surface area (Å²) in [6.07, 6.45) is 1.04. The molecule has 0 saturated heterocycles. The maximum Gasteiger partial charge on any atom is 0.141 e. The summed E-state index contributed by atoms with van der Waals surface area (Å²) >= 11 is 0. The molecule has 1 heterocycles. The number of allylic oxidation sites excluding steroid dienone is 2. The van der Waals surface area contributed by atoms with Crippen LogP contribution in [0.3, 0.4) is 0 Å². The molecule has 0 amide bonds. The van der Waals surface area contributed by atoms with Gasteiger partial charge in [0.1, 0.15) is 17.3 Å². The van der Waals surface area contributed by atoms with Gasteiger partial charge in [0, 0.05) is 24.0 Å². The Kier molecular flexibility index (Phi) is 2.12. The highest BCUT2D eigenvalue weighted by Gasteiger charge is 2.29. The molecule has 92 valence electrons. The minimum Gasteiger partial charge on any atom is -0.456 e. The van der Waals surface area contributed by atoms with E-state index in [-0.39, 0.29) is 5.78 Å². The van der Waals surface area contributed by atoms with E-state index < -0.39 is 0 Å². The second-order valence-electron chi connectivity index (χ2n) is 4.94. The minimum absolute atomic E-state index is 0.288. The van der Waals surface area contributed by atoms with Gasteiger partial charge >= 0.3 is 0 Å². The predicted molar refractivity (Wildman–Crippen MR) is 74.0 cm³/mol. The van der Waals surface area contributed by atoms with Gasteiger partial charge in [0.05, 0.1) is 0 Å². The monoisotopic (exact) mass is 248 g/mol. The molecule has 0 N–H and O–H groups in total. The zero-order chi connectivity index (χ0) is 12.8. The van der Waals surface area contributed by atoms with Gasteiger partial charge in [-0.2, -0.15) is 0 Å². The first-order valence-corrected chi connectivity index (χ1v) is 6.43. The number of Topliss-reactive ketones (excluding diaryl/α,β-unsaturated/α-hetero) is 1. The molecular formula is C17H12O2. The summed E-state index contributed by atoms with van der Waals surface area (Å²) in [6, 6.07) is 15.9. The first kappa shape index (κ1) is 10.6. The van der Waals surface area contributed by atoms with Gasteiger partial charge in [-0.1, -0.05) is 36.4 Å². The van der Waals surface area contributed by atoms with Crippen molar-refractivity contribution in [2.45, 2.75) is 12.8 Å². The van der Waals surface area contributed by atoms with Crippen molar-refractivity contribution in [3.63, 3.8) is 0 Å². The third kappa shape index (κ3) is 1.53. The van der Waals surface area contributed by atoms with Crippen LogP contribution in [-0.4, -0.2) is 5.78 Å². The summed E-state index contributed by atoms with van der Waals surface area (Å²) in [5.41, 5.74) is 4.37. The van der Waals surface area contributed by atoms with E-state index in [4.69, 9.17) is 4.74 Å². The van der Waals surface area contributed by atoms with Crippen LogP contribution in [-0.2, 0) is 4.79 Å². The topological polar surface area (TPSA) is 26.3 Å². The Morgan fingerprint density at radius 1 is 0.737 bits per heavy atom. The van der Waals surface area contributed by atoms with Crippen LogP contribution in [0.5, 0.6) is 11.5 Å². The average molecular weight is 248 g/mol. The Labute approximate surface area is 111 Å². The van der Waals surface area contributed by atoms with Gasteiger partial charge in [-0.15, -0.1) is 0 Å². The molecule has 1 aliphatic carbocycles. The van der Waals surface area contributed by atoms with Crippen molar-refractivity contribution in [1.29, 1.82) is 0 Å². The van der Waals surface area contributed by atoms with E-state index in [1.165, 1.54) is 0 Å². The Balaban J connectivity index is 2.05. The zero-order valence-electron chi connectivity index (χ0n) is 10.3. The molecule has 0 bridgehead atoms. The zero-order valence-corrected chi connectivity index (χ0v) is 10.3. The standard InChI is InChI=1S/C17H12O2/c18-11-9-14-12-5-1-3-7-16(12)19-17-8-4-2-6-13(17)15(14)10-11/h1-8H,9-10H2. The number of ketones is 1. The number of rotatable bonds is 0. The Morgan fingerprint density at radius 3 is 1.74 bits per heavy atom. The minimum atomic E-state index is 0.288. The highest BCUT2D eigenvalue weighted by molar-refractivity contribution is 6.13. The van der Waals surface area contributed by atoms with Crippen LogP contribution >= 0.6 is 0 Å². The molecule has 2 nitrogen and oxygen atoms in total. The molecule has 0 fully saturated rings. The van der Waals surface area contributed by atoms with E-state index in [1.807, 2.05) is 48.5 Å². The summed E-state index contributed by atoms with van der Waals surface area (Å²) in [6.45, 7) is 0. The first-order chi connectivity index (χ1) is 9.33. The molecule has 19 heavy (non-hydrogen) atoms. The fraction of sp³-hybridized carbons (Fsp3) is 0.118. The van der Waals surface area contributed by atoms with Crippen LogP contribution in [0.1, 0.15) is 24.0 Å². The molecule has 0 aromatic heterocycles. The molecule has 1 aliphatic heterocycles. The van der Waals surface area contributed by atoms with E-state index >= 15 is 0 Å². The van der Waals surface area contributed by atoms with Crippen LogP contribution in [0.25, 0.3) is 11.1 Å². The lowest BCUT2D eigenvalue weighted by atomic mass is 9.97. The van der Waals surface area contributed by atoms with Crippen molar-refractivity contribution in [3.8, 4) is 11.5 Å². The molecule has 0 radical (unpaired) electrons. The third-order valence-corrected chi connectivity index (χ3v) is 3.76. The second-order valence-corrected chi connectivity index (χ2v) is 4.94. The van der Waals surface area contributed by atoms with Gasteiger partial charge in [-0.25, -0.2) is 0 Å². The molecule has 2 heteroatoms. The van der Waals surface area contributed by atoms with Crippen molar-refractivity contribution in [2.24, 2.45) is 0 Å². The number of hydrogen-bond donors (Lipinski definition) is 0. The fourth-order valence-electron chi connectivity index (χ4n) is 2.91. The summed E-state index contributed by atoms with van der Waals surface area (Å²) in [5, 5.41) is 0. The highest BCUT2D eigenvalue weighted by atomic mass is 16.5. The van der Waals surface area contributed by atoms with Crippen LogP contribution in [0.2, 0.25) is 0 Å². The molecule has 4 rings (SSSR count). The van der Waals surface area contributed by atoms with Gasteiger partial charge in [0.2, 0.25) is 0 Å². The molecule has 0 spiro atoms. The lowest BCUT2D eigenvalue weighted by Crippen LogP contribution is -1.94. The maximum atomic E-state index is 11.9. The Morgan fingerprint density at radius 2 is 1.21 bits per heavy atom. The van der Waals surface area contributed by atoms with Crippen LogP contribution in [0.15, 0.2) is 48.5 Å². The summed E-state index contributed by atoms with van der Waals surface area (Å²) < 4.78 is 6.02. The highest BCUT2D eigenvalue weighted by Crippen LogP contribution is 2.47. The Hall–Kier alpha value is -2.35. The average Bonchev–Trinajstić information content (AvgIpc) is 2.76. The molecule has 0 unspecified atom stereocenters. The van der Waals surface area contributed by atoms with E-state index in [9.17, 15) is 4.79 Å². The van der Waals surface area contributed by atoms with Crippen molar-refractivity contribution in [3.05, 3.63) is 59.7 Å². The molecular weight excluding hydrogens is 236 g/mol. The number of ether oxygens (including phenoxy) is 1. The van der Waals surface area contributed by atoms with E-state index in [0.717, 1.165) is 33.8 Å². The van der Waals surface area contributed by atoms with Crippen molar-refractivity contribution >= 4 is 16.9 Å². The molecule has 2 aliphatic rings. The van der Waals surface area contributed by atoms with Gasteiger partial charge in [-0.05, 0) is 23.3 Å². The molecule has 0 saturated carbocycles. The largest absolute Gasteiger partial charge is 0.456 e. The summed E-state index contributed by atoms with van der Waals surface area (Å²) in [7, 11) is 0. The molecule has 2 aromatic carbocycles. The smallest absolute Gasteiger partial charge is 0.141 e. The maximum absolute atomic E-state index is 11.9. The van der Waals surface area contributed by atoms with E-state index in [2.05, 4.69) is 0 Å². The number of benzene rings is 2. The van der Waals surface area contributed by atoms with Gasteiger partial charge in [0.25, 0.3) is 0 Å². The molecule has 0 atom stereocenters. The van der Waals surface area contributed by atoms with Crippen LogP contribution in [0.4, 0.5) is 0 Å². The lowest BCUT2D eigenvalue weighted by Gasteiger charge is -2.10. The Bertz CT molecular complexity index is 666. The van der Waals surface area contributed by atoms with Crippen molar-refractivity contribution in [2.75, 3.05) is 0 Å².